The lowest BCUT2D eigenvalue weighted by Gasteiger charge is -2.13. The molecule has 5 nitrogen and oxygen atoms in total. The number of aromatic nitrogens is 2. The molecular formula is C11H21N3O2S. The molecule has 1 aromatic heterocycles. The van der Waals surface area contributed by atoms with Gasteiger partial charge in [-0.3, -0.25) is 4.68 Å². The van der Waals surface area contributed by atoms with Crippen molar-refractivity contribution in [3.8, 4) is 0 Å². The van der Waals surface area contributed by atoms with E-state index < -0.39 is 9.84 Å². The Morgan fingerprint density at radius 3 is 2.53 bits per heavy atom. The Labute approximate surface area is 103 Å². The molecule has 0 bridgehead atoms. The fraction of sp³-hybridized carbons (Fsp3) is 0.727. The van der Waals surface area contributed by atoms with Gasteiger partial charge in [0.25, 0.3) is 0 Å². The van der Waals surface area contributed by atoms with Crippen molar-refractivity contribution < 1.29 is 8.42 Å². The lowest BCUT2D eigenvalue weighted by atomic mass is 10.3. The van der Waals surface area contributed by atoms with Crippen LogP contribution in [0.25, 0.3) is 0 Å². The molecule has 98 valence electrons. The van der Waals surface area contributed by atoms with Crippen molar-refractivity contribution in [3.63, 3.8) is 0 Å². The summed E-state index contributed by atoms with van der Waals surface area (Å²) in [4.78, 5) is 0. The lowest BCUT2D eigenvalue weighted by Crippen LogP contribution is -2.26. The highest BCUT2D eigenvalue weighted by atomic mass is 32.2. The van der Waals surface area contributed by atoms with Crippen LogP contribution in [0.3, 0.4) is 0 Å². The second kappa shape index (κ2) is 5.53. The Morgan fingerprint density at radius 2 is 2.06 bits per heavy atom. The van der Waals surface area contributed by atoms with Crippen LogP contribution in [0.2, 0.25) is 0 Å². The number of sulfone groups is 1. The van der Waals surface area contributed by atoms with E-state index in [4.69, 9.17) is 0 Å². The van der Waals surface area contributed by atoms with Gasteiger partial charge in [0.15, 0.2) is 9.84 Å². The molecule has 0 radical (unpaired) electrons. The van der Waals surface area contributed by atoms with E-state index in [0.29, 0.717) is 6.04 Å². The number of nitrogens with zero attached hydrogens (tertiary/aromatic N) is 2. The van der Waals surface area contributed by atoms with Gasteiger partial charge in [0, 0.05) is 24.0 Å². The molecule has 1 heterocycles. The van der Waals surface area contributed by atoms with Crippen molar-refractivity contribution in [2.75, 3.05) is 16.8 Å². The zero-order valence-electron chi connectivity index (χ0n) is 10.8. The molecule has 1 atom stereocenters. The number of anilines is 1. The minimum atomic E-state index is -2.94. The summed E-state index contributed by atoms with van der Waals surface area (Å²) >= 11 is 0. The molecule has 0 saturated carbocycles. The first-order chi connectivity index (χ1) is 7.84. The highest BCUT2D eigenvalue weighted by Crippen LogP contribution is 2.11. The van der Waals surface area contributed by atoms with Gasteiger partial charge in [-0.15, -0.1) is 0 Å². The average molecular weight is 259 g/mol. The van der Waals surface area contributed by atoms with Crippen LogP contribution < -0.4 is 5.32 Å². The van der Waals surface area contributed by atoms with E-state index >= 15 is 0 Å². The number of rotatable bonds is 6. The first-order valence-corrected chi connectivity index (χ1v) is 7.67. The van der Waals surface area contributed by atoms with Gasteiger partial charge in [-0.2, -0.15) is 5.10 Å². The Balaban J connectivity index is 2.59. The maximum Gasteiger partial charge on any atom is 0.152 e. The Hall–Kier alpha value is -1.04. The quantitative estimate of drug-likeness (QED) is 0.844. The van der Waals surface area contributed by atoms with Crippen LogP contribution in [0.15, 0.2) is 12.4 Å². The van der Waals surface area contributed by atoms with Crippen molar-refractivity contribution in [3.05, 3.63) is 12.4 Å². The predicted octanol–water partition coefficient (Wildman–Crippen LogP) is 1.70. The smallest absolute Gasteiger partial charge is 0.152 e. The van der Waals surface area contributed by atoms with Gasteiger partial charge in [-0.1, -0.05) is 6.92 Å². The van der Waals surface area contributed by atoms with Gasteiger partial charge in [0.2, 0.25) is 0 Å². The first-order valence-electron chi connectivity index (χ1n) is 5.85. The normalized spacial score (nSPS) is 13.9. The van der Waals surface area contributed by atoms with Crippen LogP contribution in [0, 0.1) is 0 Å². The standard InChI is InChI=1S/C11H21N3O2S/c1-5-17(15,16)8-10(4)13-11-6-12-14(7-11)9(2)3/h6-7,9-10,13H,5,8H2,1-4H3. The molecule has 1 rings (SSSR count). The molecule has 0 fully saturated rings. The molecule has 0 amide bonds. The van der Waals surface area contributed by atoms with Gasteiger partial charge in [0.05, 0.1) is 17.6 Å². The molecule has 0 aliphatic rings. The summed E-state index contributed by atoms with van der Waals surface area (Å²) in [5.74, 6) is 0.334. The first kappa shape index (κ1) is 14.0. The molecule has 0 spiro atoms. The number of hydrogen-bond acceptors (Lipinski definition) is 4. The SMILES string of the molecule is CCS(=O)(=O)CC(C)Nc1cnn(C(C)C)c1. The summed E-state index contributed by atoms with van der Waals surface area (Å²) in [5, 5.41) is 7.34. The van der Waals surface area contributed by atoms with E-state index in [-0.39, 0.29) is 17.5 Å². The molecule has 17 heavy (non-hydrogen) atoms. The fourth-order valence-electron chi connectivity index (χ4n) is 1.52. The molecule has 0 aliphatic heterocycles. The van der Waals surface area contributed by atoms with Gasteiger partial charge >= 0.3 is 0 Å². The van der Waals surface area contributed by atoms with Crippen LogP contribution in [0.1, 0.15) is 33.7 Å². The molecular weight excluding hydrogens is 238 g/mol. The van der Waals surface area contributed by atoms with E-state index in [1.165, 1.54) is 0 Å². The largest absolute Gasteiger partial charge is 0.379 e. The van der Waals surface area contributed by atoms with Crippen LogP contribution in [-0.4, -0.2) is 35.7 Å². The van der Waals surface area contributed by atoms with Gasteiger partial charge < -0.3 is 5.32 Å². The minimum absolute atomic E-state index is 0.107. The minimum Gasteiger partial charge on any atom is -0.379 e. The average Bonchev–Trinajstić information content (AvgIpc) is 2.65. The van der Waals surface area contributed by atoms with E-state index in [1.807, 2.05) is 31.6 Å². The Morgan fingerprint density at radius 1 is 1.41 bits per heavy atom. The molecule has 1 aromatic rings. The van der Waals surface area contributed by atoms with E-state index in [0.717, 1.165) is 5.69 Å². The van der Waals surface area contributed by atoms with Crippen molar-refractivity contribution in [2.45, 2.75) is 39.8 Å². The third-order valence-corrected chi connectivity index (χ3v) is 4.37. The monoisotopic (exact) mass is 259 g/mol. The maximum atomic E-state index is 11.5. The van der Waals surface area contributed by atoms with E-state index in [9.17, 15) is 8.42 Å². The third kappa shape index (κ3) is 4.38. The summed E-state index contributed by atoms with van der Waals surface area (Å²) < 4.78 is 24.7. The highest BCUT2D eigenvalue weighted by molar-refractivity contribution is 7.91. The van der Waals surface area contributed by atoms with Crippen molar-refractivity contribution in [2.24, 2.45) is 0 Å². The van der Waals surface area contributed by atoms with Crippen LogP contribution in [0.4, 0.5) is 5.69 Å². The third-order valence-electron chi connectivity index (χ3n) is 2.49. The van der Waals surface area contributed by atoms with Gasteiger partial charge in [-0.25, -0.2) is 8.42 Å². The van der Waals surface area contributed by atoms with Gasteiger partial charge in [-0.05, 0) is 20.8 Å². The van der Waals surface area contributed by atoms with Crippen LogP contribution in [0.5, 0.6) is 0 Å². The molecule has 1 N–H and O–H groups in total. The maximum absolute atomic E-state index is 11.5. The highest BCUT2D eigenvalue weighted by Gasteiger charge is 2.14. The second-order valence-corrected chi connectivity index (χ2v) is 6.94. The Kier molecular flexibility index (Phi) is 4.56. The van der Waals surface area contributed by atoms with Crippen LogP contribution >= 0.6 is 0 Å². The molecule has 0 aromatic carbocycles. The van der Waals surface area contributed by atoms with Crippen molar-refractivity contribution in [1.29, 1.82) is 0 Å². The topological polar surface area (TPSA) is 64.0 Å². The zero-order chi connectivity index (χ0) is 13.1. The Bertz CT molecular complexity index is 451. The number of hydrogen-bond donors (Lipinski definition) is 1. The van der Waals surface area contributed by atoms with E-state index in [1.54, 1.807) is 13.1 Å². The van der Waals surface area contributed by atoms with E-state index in [2.05, 4.69) is 10.4 Å². The molecule has 6 heteroatoms. The summed E-state index contributed by atoms with van der Waals surface area (Å²) in [5.41, 5.74) is 0.859. The predicted molar refractivity (Wildman–Crippen MR) is 70.0 cm³/mol. The summed E-state index contributed by atoms with van der Waals surface area (Å²) in [6, 6.07) is 0.199. The fourth-order valence-corrected chi connectivity index (χ4v) is 2.60. The summed E-state index contributed by atoms with van der Waals surface area (Å²) in [7, 11) is -2.94. The second-order valence-electron chi connectivity index (χ2n) is 4.55. The number of nitrogens with one attached hydrogen (secondary N) is 1. The molecule has 1 unspecified atom stereocenters. The van der Waals surface area contributed by atoms with Crippen molar-refractivity contribution in [1.82, 2.24) is 9.78 Å². The summed E-state index contributed by atoms with van der Waals surface area (Å²) in [6.45, 7) is 7.61. The van der Waals surface area contributed by atoms with Crippen LogP contribution in [-0.2, 0) is 9.84 Å². The summed E-state index contributed by atoms with van der Waals surface area (Å²) in [6.07, 6.45) is 3.61. The zero-order valence-corrected chi connectivity index (χ0v) is 11.7. The molecule has 0 aliphatic carbocycles. The van der Waals surface area contributed by atoms with Crippen molar-refractivity contribution >= 4 is 15.5 Å². The molecule has 0 saturated heterocycles. The van der Waals surface area contributed by atoms with Gasteiger partial charge in [0.1, 0.15) is 0 Å². The lowest BCUT2D eigenvalue weighted by molar-refractivity contribution is 0.532.